The van der Waals surface area contributed by atoms with Gasteiger partial charge in [0.15, 0.2) is 5.96 Å². The van der Waals surface area contributed by atoms with Crippen LogP contribution in [0.15, 0.2) is 23.2 Å². The summed E-state index contributed by atoms with van der Waals surface area (Å²) in [6, 6.07) is 5.51. The molecule has 0 aliphatic heterocycles. The average Bonchev–Trinajstić information content (AvgIpc) is 3.13. The number of benzene rings is 1. The van der Waals surface area contributed by atoms with Gasteiger partial charge in [-0.1, -0.05) is 13.0 Å². The van der Waals surface area contributed by atoms with Crippen molar-refractivity contribution >= 4 is 41.7 Å². The molecule has 1 saturated carbocycles. The second-order valence-corrected chi connectivity index (χ2v) is 6.37. The van der Waals surface area contributed by atoms with E-state index in [0.717, 1.165) is 35.3 Å². The van der Waals surface area contributed by atoms with E-state index in [1.165, 1.54) is 12.5 Å². The molecule has 0 bridgehead atoms. The van der Waals surface area contributed by atoms with Crippen LogP contribution in [-0.2, 0) is 12.3 Å². The van der Waals surface area contributed by atoms with E-state index in [2.05, 4.69) is 29.5 Å². The molecule has 1 aliphatic carbocycles. The highest BCUT2D eigenvalue weighted by Crippen LogP contribution is 2.28. The average molecular weight is 437 g/mol. The summed E-state index contributed by atoms with van der Waals surface area (Å²) in [6.45, 7) is 5.71. The van der Waals surface area contributed by atoms with Crippen LogP contribution in [0, 0.1) is 11.7 Å². The number of halogens is 2. The van der Waals surface area contributed by atoms with Crippen LogP contribution in [0.2, 0.25) is 0 Å². The predicted octanol–water partition coefficient (Wildman–Crippen LogP) is 3.77. The maximum atomic E-state index is 13.3. The Morgan fingerprint density at radius 3 is 2.73 bits per heavy atom. The number of thioether (sulfide) groups is 1. The Kier molecular flexibility index (Phi) is 8.53. The summed E-state index contributed by atoms with van der Waals surface area (Å²) < 4.78 is 13.3. The van der Waals surface area contributed by atoms with Crippen LogP contribution in [0.25, 0.3) is 0 Å². The van der Waals surface area contributed by atoms with Gasteiger partial charge in [0.25, 0.3) is 0 Å². The fourth-order valence-electron chi connectivity index (χ4n) is 2.22. The van der Waals surface area contributed by atoms with E-state index in [4.69, 9.17) is 0 Å². The van der Waals surface area contributed by atoms with Gasteiger partial charge in [-0.05, 0) is 48.8 Å². The van der Waals surface area contributed by atoms with Gasteiger partial charge in [0.2, 0.25) is 0 Å². The Hall–Kier alpha value is -0.500. The van der Waals surface area contributed by atoms with E-state index < -0.39 is 0 Å². The van der Waals surface area contributed by atoms with Crippen molar-refractivity contribution in [2.75, 3.05) is 12.8 Å². The summed E-state index contributed by atoms with van der Waals surface area (Å²) in [5.41, 5.74) is 2.12. The number of aliphatic imine (C=N–C) groups is 1. The van der Waals surface area contributed by atoms with Crippen LogP contribution in [-0.4, -0.2) is 24.8 Å². The van der Waals surface area contributed by atoms with Crippen molar-refractivity contribution in [3.8, 4) is 0 Å². The molecule has 2 atom stereocenters. The molecular weight excluding hydrogens is 412 g/mol. The number of nitrogens with zero attached hydrogens (tertiary/aromatic N) is 1. The van der Waals surface area contributed by atoms with Crippen molar-refractivity contribution in [2.45, 2.75) is 38.6 Å². The molecule has 1 fully saturated rings. The first-order valence-electron chi connectivity index (χ1n) is 7.45. The summed E-state index contributed by atoms with van der Waals surface area (Å²) in [6.07, 6.45) is 3.23. The van der Waals surface area contributed by atoms with E-state index in [9.17, 15) is 4.39 Å². The van der Waals surface area contributed by atoms with Crippen LogP contribution in [0.4, 0.5) is 4.39 Å². The maximum Gasteiger partial charge on any atom is 0.191 e. The summed E-state index contributed by atoms with van der Waals surface area (Å²) >= 11 is 1.70. The lowest BCUT2D eigenvalue weighted by molar-refractivity contribution is 0.625. The molecule has 1 aliphatic rings. The summed E-state index contributed by atoms with van der Waals surface area (Å²) in [5.74, 6) is 2.22. The molecule has 0 heterocycles. The maximum absolute atomic E-state index is 13.3. The van der Waals surface area contributed by atoms with Gasteiger partial charge < -0.3 is 10.6 Å². The van der Waals surface area contributed by atoms with Gasteiger partial charge in [-0.15, -0.1) is 24.0 Å². The fraction of sp³-hybridized carbons (Fsp3) is 0.562. The minimum atomic E-state index is -0.177. The lowest BCUT2D eigenvalue weighted by atomic mass is 10.1. The van der Waals surface area contributed by atoms with Crippen molar-refractivity contribution in [3.63, 3.8) is 0 Å². The van der Waals surface area contributed by atoms with Gasteiger partial charge >= 0.3 is 0 Å². The molecule has 2 unspecified atom stereocenters. The molecule has 22 heavy (non-hydrogen) atoms. The van der Waals surface area contributed by atoms with E-state index in [-0.39, 0.29) is 29.8 Å². The summed E-state index contributed by atoms with van der Waals surface area (Å²) in [7, 11) is 0. The molecule has 2 N–H and O–H groups in total. The number of guanidine groups is 1. The SMILES string of the molecule is CCNC(=NCc1ccc(F)cc1CSC)NC1CC1C.I. The van der Waals surface area contributed by atoms with Gasteiger partial charge in [0.1, 0.15) is 5.82 Å². The first kappa shape index (κ1) is 19.5. The van der Waals surface area contributed by atoms with Crippen molar-refractivity contribution in [1.29, 1.82) is 0 Å². The third kappa shape index (κ3) is 5.95. The third-order valence-electron chi connectivity index (χ3n) is 3.65. The van der Waals surface area contributed by atoms with E-state index in [0.29, 0.717) is 12.6 Å². The molecule has 0 radical (unpaired) electrons. The van der Waals surface area contributed by atoms with Crippen LogP contribution < -0.4 is 10.6 Å². The van der Waals surface area contributed by atoms with Crippen molar-refractivity contribution < 1.29 is 4.39 Å². The Balaban J connectivity index is 0.00000242. The molecule has 6 heteroatoms. The molecule has 0 aromatic heterocycles. The molecule has 1 aromatic rings. The highest BCUT2D eigenvalue weighted by Gasteiger charge is 2.33. The molecule has 0 spiro atoms. The smallest absolute Gasteiger partial charge is 0.191 e. The van der Waals surface area contributed by atoms with Crippen molar-refractivity contribution in [2.24, 2.45) is 10.9 Å². The van der Waals surface area contributed by atoms with Gasteiger partial charge in [-0.2, -0.15) is 11.8 Å². The Labute approximate surface area is 154 Å². The van der Waals surface area contributed by atoms with Crippen molar-refractivity contribution in [1.82, 2.24) is 10.6 Å². The summed E-state index contributed by atoms with van der Waals surface area (Å²) in [5, 5.41) is 6.70. The van der Waals surface area contributed by atoms with Crippen LogP contribution in [0.3, 0.4) is 0 Å². The molecule has 0 saturated heterocycles. The second-order valence-electron chi connectivity index (χ2n) is 5.51. The van der Waals surface area contributed by atoms with E-state index >= 15 is 0 Å². The topological polar surface area (TPSA) is 36.4 Å². The van der Waals surface area contributed by atoms with E-state index in [1.807, 2.05) is 12.3 Å². The third-order valence-corrected chi connectivity index (χ3v) is 4.25. The lowest BCUT2D eigenvalue weighted by Gasteiger charge is -2.12. The van der Waals surface area contributed by atoms with Gasteiger partial charge in [0, 0.05) is 18.3 Å². The lowest BCUT2D eigenvalue weighted by Crippen LogP contribution is -2.39. The zero-order valence-corrected chi connectivity index (χ0v) is 16.5. The van der Waals surface area contributed by atoms with E-state index in [1.54, 1.807) is 17.8 Å². The quantitative estimate of drug-likeness (QED) is 0.404. The minimum absolute atomic E-state index is 0. The van der Waals surface area contributed by atoms with Crippen LogP contribution in [0.5, 0.6) is 0 Å². The zero-order valence-electron chi connectivity index (χ0n) is 13.4. The largest absolute Gasteiger partial charge is 0.357 e. The predicted molar refractivity (Wildman–Crippen MR) is 105 cm³/mol. The van der Waals surface area contributed by atoms with Crippen LogP contribution in [0.1, 0.15) is 31.4 Å². The van der Waals surface area contributed by atoms with Crippen LogP contribution >= 0.6 is 35.7 Å². The molecule has 2 rings (SSSR count). The highest BCUT2D eigenvalue weighted by molar-refractivity contribution is 14.0. The Morgan fingerprint density at radius 1 is 1.41 bits per heavy atom. The van der Waals surface area contributed by atoms with Gasteiger partial charge in [0.05, 0.1) is 6.54 Å². The molecule has 1 aromatic carbocycles. The first-order valence-corrected chi connectivity index (χ1v) is 8.84. The fourth-order valence-corrected chi connectivity index (χ4v) is 2.80. The van der Waals surface area contributed by atoms with Gasteiger partial charge in [-0.3, -0.25) is 0 Å². The monoisotopic (exact) mass is 437 g/mol. The normalized spacial score (nSPS) is 20.3. The second kappa shape index (κ2) is 9.60. The first-order chi connectivity index (χ1) is 10.1. The number of hydrogen-bond acceptors (Lipinski definition) is 2. The minimum Gasteiger partial charge on any atom is -0.357 e. The number of nitrogens with one attached hydrogen (secondary N) is 2. The molecule has 124 valence electrons. The number of rotatable bonds is 6. The van der Waals surface area contributed by atoms with Gasteiger partial charge in [-0.25, -0.2) is 9.38 Å². The molecule has 0 amide bonds. The summed E-state index contributed by atoms with van der Waals surface area (Å²) in [4.78, 5) is 4.63. The standard InChI is InChI=1S/C16H24FN3S.HI/c1-4-18-16(20-15-7-11(15)2)19-9-12-5-6-14(17)8-13(12)10-21-3;/h5-6,8,11,15H,4,7,9-10H2,1-3H3,(H2,18,19,20);1H. The zero-order chi connectivity index (χ0) is 15.2. The molecule has 3 nitrogen and oxygen atoms in total. The Morgan fingerprint density at radius 2 is 2.14 bits per heavy atom. The van der Waals surface area contributed by atoms with Crippen molar-refractivity contribution in [3.05, 3.63) is 35.1 Å². The number of hydrogen-bond donors (Lipinski definition) is 2. The molecular formula is C16H25FIN3S. The highest BCUT2D eigenvalue weighted by atomic mass is 127. The Bertz CT molecular complexity index is 510.